The Morgan fingerprint density at radius 3 is 2.81 bits per heavy atom. The van der Waals surface area contributed by atoms with Crippen LogP contribution in [0.25, 0.3) is 0 Å². The number of H-pyrrole nitrogens is 1. The highest BCUT2D eigenvalue weighted by Crippen LogP contribution is 2.21. The summed E-state index contributed by atoms with van der Waals surface area (Å²) in [6.07, 6.45) is 6.53. The fourth-order valence-electron chi connectivity index (χ4n) is 2.80. The molecule has 0 saturated heterocycles. The molecule has 0 bridgehead atoms. The van der Waals surface area contributed by atoms with Crippen molar-refractivity contribution < 1.29 is 8.42 Å². The predicted octanol–water partition coefficient (Wildman–Crippen LogP) is 0.282. The number of nitrogens with zero attached hydrogens (tertiary/aromatic N) is 2. The molecular formula is C13H25N5O2S. The lowest BCUT2D eigenvalue weighted by molar-refractivity contribution is 0.250. The summed E-state index contributed by atoms with van der Waals surface area (Å²) < 4.78 is 27.2. The molecular weight excluding hydrogens is 290 g/mol. The summed E-state index contributed by atoms with van der Waals surface area (Å²) in [5.41, 5.74) is 0.647. The fraction of sp³-hybridized carbons (Fsp3) is 0.769. The van der Waals surface area contributed by atoms with Crippen molar-refractivity contribution in [3.05, 3.63) is 11.8 Å². The van der Waals surface area contributed by atoms with Crippen molar-refractivity contribution in [2.24, 2.45) is 0 Å². The summed E-state index contributed by atoms with van der Waals surface area (Å²) in [6.45, 7) is 1.60. The average Bonchev–Trinajstić information content (AvgIpc) is 3.10. The van der Waals surface area contributed by atoms with E-state index in [1.54, 1.807) is 7.05 Å². The standard InChI is InChI=1S/C13H25N5O2S/c1-14-9-11-10-15-17-13(11)21(19,20)16-7-8-18(2)12-5-3-4-6-12/h10,12,14,16H,3-9H2,1-2H3,(H,15,17). The van der Waals surface area contributed by atoms with Gasteiger partial charge < -0.3 is 10.2 Å². The minimum absolute atomic E-state index is 0.153. The molecule has 120 valence electrons. The van der Waals surface area contributed by atoms with Crippen molar-refractivity contribution in [3.63, 3.8) is 0 Å². The third kappa shape index (κ3) is 4.26. The Kier molecular flexibility index (Phi) is 5.74. The molecule has 1 fully saturated rings. The molecule has 2 rings (SSSR count). The Bertz CT molecular complexity index is 537. The van der Waals surface area contributed by atoms with E-state index >= 15 is 0 Å². The number of hydrogen-bond acceptors (Lipinski definition) is 5. The molecule has 0 atom stereocenters. The zero-order valence-electron chi connectivity index (χ0n) is 12.7. The summed E-state index contributed by atoms with van der Waals surface area (Å²) >= 11 is 0. The molecule has 8 heteroatoms. The van der Waals surface area contributed by atoms with E-state index in [2.05, 4.69) is 32.2 Å². The zero-order chi connectivity index (χ0) is 15.3. The minimum atomic E-state index is -3.52. The number of likely N-dealkylation sites (N-methyl/N-ethyl adjacent to an activating group) is 1. The molecule has 0 aromatic carbocycles. The third-order valence-electron chi connectivity index (χ3n) is 4.02. The molecule has 1 aromatic heterocycles. The van der Waals surface area contributed by atoms with Crippen molar-refractivity contribution in [2.45, 2.75) is 43.3 Å². The molecule has 1 aliphatic carbocycles. The second-order valence-electron chi connectivity index (χ2n) is 5.57. The number of aromatic amines is 1. The van der Waals surface area contributed by atoms with E-state index in [1.165, 1.54) is 31.9 Å². The van der Waals surface area contributed by atoms with Gasteiger partial charge in [-0.15, -0.1) is 0 Å². The lowest BCUT2D eigenvalue weighted by Crippen LogP contribution is -2.37. The van der Waals surface area contributed by atoms with Crippen LogP contribution < -0.4 is 10.0 Å². The van der Waals surface area contributed by atoms with Gasteiger partial charge >= 0.3 is 0 Å². The molecule has 7 nitrogen and oxygen atoms in total. The normalized spacial score (nSPS) is 16.9. The van der Waals surface area contributed by atoms with E-state index in [-0.39, 0.29) is 5.03 Å². The molecule has 1 aliphatic rings. The molecule has 1 saturated carbocycles. The van der Waals surface area contributed by atoms with Crippen LogP contribution in [0.5, 0.6) is 0 Å². The summed E-state index contributed by atoms with van der Waals surface area (Å²) in [5, 5.41) is 9.48. The van der Waals surface area contributed by atoms with Crippen LogP contribution in [-0.4, -0.2) is 56.7 Å². The molecule has 0 spiro atoms. The van der Waals surface area contributed by atoms with Crippen molar-refractivity contribution >= 4 is 10.0 Å². The van der Waals surface area contributed by atoms with E-state index in [0.717, 1.165) is 6.54 Å². The van der Waals surface area contributed by atoms with Crippen molar-refractivity contribution in [3.8, 4) is 0 Å². The molecule has 0 unspecified atom stereocenters. The van der Waals surface area contributed by atoms with Crippen LogP contribution in [0.2, 0.25) is 0 Å². The number of nitrogens with one attached hydrogen (secondary N) is 3. The number of rotatable bonds is 8. The van der Waals surface area contributed by atoms with E-state index < -0.39 is 10.0 Å². The van der Waals surface area contributed by atoms with Crippen LogP contribution in [0.15, 0.2) is 11.2 Å². The highest BCUT2D eigenvalue weighted by atomic mass is 32.2. The summed E-state index contributed by atoms with van der Waals surface area (Å²) in [7, 11) is 0.310. The predicted molar refractivity (Wildman–Crippen MR) is 81.4 cm³/mol. The molecule has 1 heterocycles. The van der Waals surface area contributed by atoms with Crippen molar-refractivity contribution in [2.75, 3.05) is 27.2 Å². The molecule has 0 amide bonds. The van der Waals surface area contributed by atoms with Gasteiger partial charge in [0.1, 0.15) is 0 Å². The molecule has 3 N–H and O–H groups in total. The van der Waals surface area contributed by atoms with Crippen LogP contribution in [0.4, 0.5) is 0 Å². The van der Waals surface area contributed by atoms with Crippen molar-refractivity contribution in [1.29, 1.82) is 0 Å². The van der Waals surface area contributed by atoms with E-state index in [1.807, 2.05) is 0 Å². The molecule has 21 heavy (non-hydrogen) atoms. The fourth-order valence-corrected chi connectivity index (χ4v) is 3.95. The smallest absolute Gasteiger partial charge is 0.257 e. The number of hydrogen-bond donors (Lipinski definition) is 3. The van der Waals surface area contributed by atoms with Crippen LogP contribution in [-0.2, 0) is 16.6 Å². The SMILES string of the molecule is CNCc1cn[nH]c1S(=O)(=O)NCCN(C)C1CCCC1. The zero-order valence-corrected chi connectivity index (χ0v) is 13.5. The Morgan fingerprint density at radius 1 is 1.43 bits per heavy atom. The second-order valence-corrected chi connectivity index (χ2v) is 7.28. The van der Waals surface area contributed by atoms with Gasteiger partial charge in [-0.05, 0) is 26.9 Å². The van der Waals surface area contributed by atoms with Crippen LogP contribution in [0.1, 0.15) is 31.2 Å². The van der Waals surface area contributed by atoms with E-state index in [9.17, 15) is 8.42 Å². The maximum absolute atomic E-state index is 12.3. The Labute approximate surface area is 126 Å². The van der Waals surface area contributed by atoms with Gasteiger partial charge in [0, 0.05) is 31.2 Å². The highest BCUT2D eigenvalue weighted by Gasteiger charge is 2.22. The van der Waals surface area contributed by atoms with Gasteiger partial charge in [0.25, 0.3) is 10.0 Å². The maximum atomic E-state index is 12.3. The Morgan fingerprint density at radius 2 is 2.14 bits per heavy atom. The summed E-state index contributed by atoms with van der Waals surface area (Å²) in [4.78, 5) is 2.25. The Hall–Kier alpha value is -0.960. The molecule has 0 radical (unpaired) electrons. The minimum Gasteiger partial charge on any atom is -0.316 e. The topological polar surface area (TPSA) is 90.1 Å². The van der Waals surface area contributed by atoms with Gasteiger partial charge in [-0.3, -0.25) is 5.10 Å². The third-order valence-corrected chi connectivity index (χ3v) is 5.49. The highest BCUT2D eigenvalue weighted by molar-refractivity contribution is 7.89. The Balaban J connectivity index is 1.87. The molecule has 0 aliphatic heterocycles. The summed E-state index contributed by atoms with van der Waals surface area (Å²) in [5.74, 6) is 0. The van der Waals surface area contributed by atoms with Gasteiger partial charge in [0.2, 0.25) is 0 Å². The van der Waals surface area contributed by atoms with Gasteiger partial charge in [0.15, 0.2) is 5.03 Å². The lowest BCUT2D eigenvalue weighted by atomic mass is 10.2. The molecule has 1 aromatic rings. The quantitative estimate of drug-likeness (QED) is 0.641. The van der Waals surface area contributed by atoms with Gasteiger partial charge in [-0.25, -0.2) is 13.1 Å². The number of sulfonamides is 1. The lowest BCUT2D eigenvalue weighted by Gasteiger charge is -2.23. The van der Waals surface area contributed by atoms with Gasteiger partial charge in [0.05, 0.1) is 6.20 Å². The van der Waals surface area contributed by atoms with Gasteiger partial charge in [-0.2, -0.15) is 5.10 Å². The largest absolute Gasteiger partial charge is 0.316 e. The van der Waals surface area contributed by atoms with Crippen LogP contribution in [0, 0.1) is 0 Å². The maximum Gasteiger partial charge on any atom is 0.257 e. The van der Waals surface area contributed by atoms with Crippen LogP contribution >= 0.6 is 0 Å². The first-order valence-corrected chi connectivity index (χ1v) is 8.89. The average molecular weight is 315 g/mol. The van der Waals surface area contributed by atoms with Crippen molar-refractivity contribution in [1.82, 2.24) is 25.1 Å². The van der Waals surface area contributed by atoms with Crippen LogP contribution in [0.3, 0.4) is 0 Å². The first-order chi connectivity index (χ1) is 10.0. The van der Waals surface area contributed by atoms with E-state index in [0.29, 0.717) is 24.7 Å². The second kappa shape index (κ2) is 7.35. The van der Waals surface area contributed by atoms with Gasteiger partial charge in [-0.1, -0.05) is 12.8 Å². The first-order valence-electron chi connectivity index (χ1n) is 7.41. The number of aromatic nitrogens is 2. The monoisotopic (exact) mass is 315 g/mol. The van der Waals surface area contributed by atoms with E-state index in [4.69, 9.17) is 0 Å². The summed E-state index contributed by atoms with van der Waals surface area (Å²) in [6, 6.07) is 0.599. The first kappa shape index (κ1) is 16.4.